The van der Waals surface area contributed by atoms with Crippen molar-refractivity contribution in [3.63, 3.8) is 0 Å². The maximum atomic E-state index is 5.38. The van der Waals surface area contributed by atoms with E-state index in [1.807, 2.05) is 18.7 Å². The Labute approximate surface area is 132 Å². The van der Waals surface area contributed by atoms with Crippen LogP contribution in [0.3, 0.4) is 0 Å². The topological polar surface area (TPSA) is 25.2 Å². The lowest BCUT2D eigenvalue weighted by molar-refractivity contribution is 0.526. The summed E-state index contributed by atoms with van der Waals surface area (Å²) in [4.78, 5) is 1.24. The van der Waals surface area contributed by atoms with Crippen LogP contribution in [0.5, 0.6) is 0 Å². The second-order valence-electron chi connectivity index (χ2n) is 5.50. The fourth-order valence-corrected chi connectivity index (χ4v) is 3.33. The van der Waals surface area contributed by atoms with Crippen molar-refractivity contribution in [1.29, 1.82) is 0 Å². The molecular formula is C18H25NOS. The average molecular weight is 303 g/mol. The monoisotopic (exact) mass is 303 g/mol. The minimum absolute atomic E-state index is 0.378. The van der Waals surface area contributed by atoms with Gasteiger partial charge < -0.3 is 9.73 Å². The summed E-state index contributed by atoms with van der Waals surface area (Å²) in [5.41, 5.74) is 4.09. The van der Waals surface area contributed by atoms with Crippen LogP contribution in [0, 0.1) is 20.8 Å². The van der Waals surface area contributed by atoms with Crippen LogP contribution >= 0.6 is 11.8 Å². The van der Waals surface area contributed by atoms with Gasteiger partial charge in [0.1, 0.15) is 5.76 Å². The minimum atomic E-state index is 0.378. The molecule has 0 aliphatic rings. The highest BCUT2D eigenvalue weighted by Gasteiger charge is 2.13. The molecule has 21 heavy (non-hydrogen) atoms. The highest BCUT2D eigenvalue weighted by Crippen LogP contribution is 2.28. The lowest BCUT2D eigenvalue weighted by atomic mass is 10.0. The molecule has 0 saturated heterocycles. The van der Waals surface area contributed by atoms with Gasteiger partial charge in [-0.1, -0.05) is 25.1 Å². The lowest BCUT2D eigenvalue weighted by Gasteiger charge is -2.19. The molecule has 0 saturated carbocycles. The molecule has 2 rings (SSSR count). The Morgan fingerprint density at radius 2 is 1.95 bits per heavy atom. The van der Waals surface area contributed by atoms with Gasteiger partial charge in [-0.3, -0.25) is 0 Å². The standard InChI is InChI=1S/C18H25NOS/c1-5-9-19-17(12-21-18-8-10-20-15(18)4)16-7-6-13(2)14(3)11-16/h6-8,10-11,17,19H,5,9,12H2,1-4H3. The van der Waals surface area contributed by atoms with E-state index < -0.39 is 0 Å². The Bertz CT molecular complexity index is 576. The fourth-order valence-electron chi connectivity index (χ4n) is 2.27. The van der Waals surface area contributed by atoms with E-state index in [1.54, 1.807) is 6.26 Å². The Balaban J connectivity index is 2.09. The largest absolute Gasteiger partial charge is 0.468 e. The smallest absolute Gasteiger partial charge is 0.114 e. The van der Waals surface area contributed by atoms with Gasteiger partial charge in [-0.2, -0.15) is 0 Å². The predicted octanol–water partition coefficient (Wildman–Crippen LogP) is 5.04. The third kappa shape index (κ3) is 4.39. The molecule has 1 atom stereocenters. The predicted molar refractivity (Wildman–Crippen MR) is 91.1 cm³/mol. The second-order valence-corrected chi connectivity index (χ2v) is 6.56. The molecule has 0 bridgehead atoms. The average Bonchev–Trinajstić information content (AvgIpc) is 2.88. The molecule has 1 N–H and O–H groups in total. The molecule has 1 heterocycles. The van der Waals surface area contributed by atoms with Gasteiger partial charge in [-0.25, -0.2) is 0 Å². The van der Waals surface area contributed by atoms with Crippen molar-refractivity contribution in [3.8, 4) is 0 Å². The highest BCUT2D eigenvalue weighted by atomic mass is 32.2. The van der Waals surface area contributed by atoms with Crippen molar-refractivity contribution in [2.24, 2.45) is 0 Å². The van der Waals surface area contributed by atoms with E-state index in [0.29, 0.717) is 6.04 Å². The zero-order valence-electron chi connectivity index (χ0n) is 13.4. The molecule has 0 aliphatic heterocycles. The number of rotatable bonds is 7. The number of benzene rings is 1. The maximum absolute atomic E-state index is 5.38. The first-order valence-electron chi connectivity index (χ1n) is 7.59. The summed E-state index contributed by atoms with van der Waals surface area (Å²) in [6.07, 6.45) is 2.92. The normalized spacial score (nSPS) is 12.6. The van der Waals surface area contributed by atoms with Crippen LogP contribution in [-0.2, 0) is 0 Å². The summed E-state index contributed by atoms with van der Waals surface area (Å²) >= 11 is 1.86. The number of hydrogen-bond acceptors (Lipinski definition) is 3. The van der Waals surface area contributed by atoms with Crippen LogP contribution in [0.1, 0.15) is 41.8 Å². The maximum Gasteiger partial charge on any atom is 0.114 e. The number of nitrogens with one attached hydrogen (secondary N) is 1. The summed E-state index contributed by atoms with van der Waals surface area (Å²) in [6, 6.07) is 9.21. The molecule has 0 radical (unpaired) electrons. The van der Waals surface area contributed by atoms with Crippen molar-refractivity contribution in [1.82, 2.24) is 5.32 Å². The third-order valence-corrected chi connectivity index (χ3v) is 5.03. The van der Waals surface area contributed by atoms with Crippen molar-refractivity contribution in [3.05, 3.63) is 53.0 Å². The van der Waals surface area contributed by atoms with Crippen LogP contribution in [0.25, 0.3) is 0 Å². The van der Waals surface area contributed by atoms with E-state index in [9.17, 15) is 0 Å². The van der Waals surface area contributed by atoms with E-state index in [1.165, 1.54) is 21.6 Å². The molecule has 0 fully saturated rings. The Morgan fingerprint density at radius 3 is 2.57 bits per heavy atom. The molecule has 1 aromatic heterocycles. The summed E-state index contributed by atoms with van der Waals surface area (Å²) in [5, 5.41) is 3.66. The zero-order valence-corrected chi connectivity index (χ0v) is 14.2. The molecule has 3 heteroatoms. The summed E-state index contributed by atoms with van der Waals surface area (Å²) in [6.45, 7) is 9.62. The van der Waals surface area contributed by atoms with E-state index >= 15 is 0 Å². The summed E-state index contributed by atoms with van der Waals surface area (Å²) < 4.78 is 5.38. The Hall–Kier alpha value is -1.19. The van der Waals surface area contributed by atoms with Crippen molar-refractivity contribution in [2.45, 2.75) is 45.1 Å². The van der Waals surface area contributed by atoms with Crippen LogP contribution in [0.4, 0.5) is 0 Å². The molecular weight excluding hydrogens is 278 g/mol. The van der Waals surface area contributed by atoms with E-state index in [2.05, 4.69) is 50.4 Å². The van der Waals surface area contributed by atoms with E-state index in [4.69, 9.17) is 4.42 Å². The van der Waals surface area contributed by atoms with Crippen LogP contribution in [0.2, 0.25) is 0 Å². The van der Waals surface area contributed by atoms with Gasteiger partial charge in [0.25, 0.3) is 0 Å². The molecule has 1 aromatic carbocycles. The first-order chi connectivity index (χ1) is 10.1. The van der Waals surface area contributed by atoms with Crippen LogP contribution in [0.15, 0.2) is 39.8 Å². The van der Waals surface area contributed by atoms with Gasteiger partial charge in [0.15, 0.2) is 0 Å². The van der Waals surface area contributed by atoms with Gasteiger partial charge in [0, 0.05) is 16.7 Å². The molecule has 2 aromatic rings. The molecule has 0 spiro atoms. The molecule has 0 amide bonds. The Morgan fingerprint density at radius 1 is 1.14 bits per heavy atom. The minimum Gasteiger partial charge on any atom is -0.468 e. The highest BCUT2D eigenvalue weighted by molar-refractivity contribution is 7.99. The molecule has 0 aliphatic carbocycles. The molecule has 2 nitrogen and oxygen atoms in total. The number of aryl methyl sites for hydroxylation is 3. The van der Waals surface area contributed by atoms with E-state index in [-0.39, 0.29) is 0 Å². The number of furan rings is 1. The van der Waals surface area contributed by atoms with Crippen molar-refractivity contribution >= 4 is 11.8 Å². The van der Waals surface area contributed by atoms with Crippen molar-refractivity contribution < 1.29 is 4.42 Å². The Kier molecular flexibility index (Phi) is 5.95. The summed E-state index contributed by atoms with van der Waals surface area (Å²) in [7, 11) is 0. The zero-order chi connectivity index (χ0) is 15.2. The van der Waals surface area contributed by atoms with Crippen LogP contribution < -0.4 is 5.32 Å². The first kappa shape index (κ1) is 16.2. The SMILES string of the molecule is CCCNC(CSc1ccoc1C)c1ccc(C)c(C)c1. The van der Waals surface area contributed by atoms with Crippen molar-refractivity contribution in [2.75, 3.05) is 12.3 Å². The van der Waals surface area contributed by atoms with Gasteiger partial charge in [-0.05, 0) is 56.5 Å². The molecule has 1 unspecified atom stereocenters. The van der Waals surface area contributed by atoms with E-state index in [0.717, 1.165) is 24.5 Å². The molecule has 114 valence electrons. The second kappa shape index (κ2) is 7.71. The quantitative estimate of drug-likeness (QED) is 0.726. The number of hydrogen-bond donors (Lipinski definition) is 1. The van der Waals surface area contributed by atoms with Gasteiger partial charge in [0.2, 0.25) is 0 Å². The van der Waals surface area contributed by atoms with Gasteiger partial charge >= 0.3 is 0 Å². The van der Waals surface area contributed by atoms with Gasteiger partial charge in [-0.15, -0.1) is 11.8 Å². The number of thioether (sulfide) groups is 1. The fraction of sp³-hybridized carbons (Fsp3) is 0.444. The van der Waals surface area contributed by atoms with Gasteiger partial charge in [0.05, 0.1) is 6.26 Å². The van der Waals surface area contributed by atoms with Crippen LogP contribution in [-0.4, -0.2) is 12.3 Å². The first-order valence-corrected chi connectivity index (χ1v) is 8.57. The third-order valence-electron chi connectivity index (χ3n) is 3.79. The lowest BCUT2D eigenvalue weighted by Crippen LogP contribution is -2.24. The summed E-state index contributed by atoms with van der Waals surface area (Å²) in [5.74, 6) is 2.03.